The molecule has 1 aromatic carbocycles. The fourth-order valence-corrected chi connectivity index (χ4v) is 2.95. The summed E-state index contributed by atoms with van der Waals surface area (Å²) in [6, 6.07) is 10.1. The lowest BCUT2D eigenvalue weighted by molar-refractivity contribution is -0.125. The highest BCUT2D eigenvalue weighted by Gasteiger charge is 2.53. The lowest BCUT2D eigenvalue weighted by Gasteiger charge is -2.31. The molecule has 3 heteroatoms. The number of carbonyl (C=O) groups is 1. The average Bonchev–Trinajstić information content (AvgIpc) is 3.32. The van der Waals surface area contributed by atoms with E-state index in [0.717, 1.165) is 18.4 Å². The summed E-state index contributed by atoms with van der Waals surface area (Å²) in [5.41, 5.74) is 6.52. The van der Waals surface area contributed by atoms with Crippen LogP contribution in [-0.2, 0) is 10.2 Å². The highest BCUT2D eigenvalue weighted by molar-refractivity contribution is 5.91. The largest absolute Gasteiger partial charge is 0.349 e. The van der Waals surface area contributed by atoms with Gasteiger partial charge in [0.1, 0.15) is 0 Å². The van der Waals surface area contributed by atoms with Crippen molar-refractivity contribution in [2.45, 2.75) is 43.6 Å². The summed E-state index contributed by atoms with van der Waals surface area (Å²) in [7, 11) is 0. The van der Waals surface area contributed by atoms with Crippen molar-refractivity contribution in [3.05, 3.63) is 35.9 Å². The highest BCUT2D eigenvalue weighted by atomic mass is 16.2. The van der Waals surface area contributed by atoms with Crippen LogP contribution in [0.25, 0.3) is 0 Å². The van der Waals surface area contributed by atoms with Crippen molar-refractivity contribution in [1.29, 1.82) is 0 Å². The first kappa shape index (κ1) is 12.7. The molecule has 0 aliphatic heterocycles. The normalized spacial score (nSPS) is 23.5. The van der Waals surface area contributed by atoms with Crippen molar-refractivity contribution >= 4 is 5.91 Å². The molecule has 2 aliphatic carbocycles. The van der Waals surface area contributed by atoms with Gasteiger partial charge in [-0.05, 0) is 44.1 Å². The molecule has 19 heavy (non-hydrogen) atoms. The first-order chi connectivity index (χ1) is 9.11. The fraction of sp³-hybridized carbons (Fsp3) is 0.562. The maximum absolute atomic E-state index is 12.7. The van der Waals surface area contributed by atoms with E-state index in [2.05, 4.69) is 24.4 Å². The molecule has 3 rings (SSSR count). The predicted molar refractivity (Wildman–Crippen MR) is 75.7 cm³/mol. The van der Waals surface area contributed by atoms with Gasteiger partial charge < -0.3 is 11.1 Å². The lowest BCUT2D eigenvalue weighted by Crippen LogP contribution is -2.55. The Balaban J connectivity index is 1.77. The van der Waals surface area contributed by atoms with Gasteiger partial charge in [0.25, 0.3) is 0 Å². The van der Waals surface area contributed by atoms with E-state index >= 15 is 0 Å². The molecule has 2 aliphatic rings. The van der Waals surface area contributed by atoms with Crippen LogP contribution in [0.4, 0.5) is 0 Å². The quantitative estimate of drug-likeness (QED) is 0.848. The zero-order chi connectivity index (χ0) is 13.5. The molecule has 2 saturated carbocycles. The number of carbonyl (C=O) groups excluding carboxylic acids is 1. The Hall–Kier alpha value is -1.35. The first-order valence-electron chi connectivity index (χ1n) is 7.19. The van der Waals surface area contributed by atoms with E-state index in [1.54, 1.807) is 0 Å². The van der Waals surface area contributed by atoms with E-state index in [-0.39, 0.29) is 16.9 Å². The molecule has 0 bridgehead atoms. The van der Waals surface area contributed by atoms with Gasteiger partial charge in [-0.25, -0.2) is 0 Å². The molecule has 3 N–H and O–H groups in total. The van der Waals surface area contributed by atoms with Gasteiger partial charge in [0.15, 0.2) is 0 Å². The van der Waals surface area contributed by atoms with Crippen LogP contribution in [0.3, 0.4) is 0 Å². The van der Waals surface area contributed by atoms with Gasteiger partial charge in [-0.15, -0.1) is 0 Å². The third-order valence-corrected chi connectivity index (χ3v) is 4.81. The molecule has 102 valence electrons. The molecule has 1 unspecified atom stereocenters. The van der Waals surface area contributed by atoms with Crippen LogP contribution >= 0.6 is 0 Å². The molecule has 0 spiro atoms. The van der Waals surface area contributed by atoms with E-state index in [4.69, 9.17) is 5.73 Å². The van der Waals surface area contributed by atoms with Gasteiger partial charge in [-0.3, -0.25) is 4.79 Å². The van der Waals surface area contributed by atoms with Crippen LogP contribution in [0.1, 0.15) is 38.2 Å². The molecule has 0 radical (unpaired) electrons. The van der Waals surface area contributed by atoms with Crippen molar-refractivity contribution in [1.82, 2.24) is 5.32 Å². The van der Waals surface area contributed by atoms with Crippen LogP contribution in [-0.4, -0.2) is 18.0 Å². The lowest BCUT2D eigenvalue weighted by atomic mass is 9.90. The predicted octanol–water partition coefficient (Wildman–Crippen LogP) is 1.96. The number of hydrogen-bond donors (Lipinski definition) is 2. The molecule has 1 aromatic rings. The topological polar surface area (TPSA) is 55.1 Å². The minimum atomic E-state index is -0.285. The molecular formula is C16H22N2O. The van der Waals surface area contributed by atoms with Gasteiger partial charge >= 0.3 is 0 Å². The first-order valence-corrected chi connectivity index (χ1v) is 7.19. The Labute approximate surface area is 114 Å². The van der Waals surface area contributed by atoms with E-state index in [0.29, 0.717) is 12.5 Å². The molecular weight excluding hydrogens is 236 g/mol. The number of nitrogens with one attached hydrogen (secondary N) is 1. The van der Waals surface area contributed by atoms with Crippen LogP contribution in [0.15, 0.2) is 30.3 Å². The summed E-state index contributed by atoms with van der Waals surface area (Å²) in [4.78, 5) is 12.7. The summed E-state index contributed by atoms with van der Waals surface area (Å²) >= 11 is 0. The standard InChI is InChI=1S/C16H22N2O/c1-15(11-17,12-7-8-12)18-14(19)16(9-10-16)13-5-3-2-4-6-13/h2-6,12H,7-11,17H2,1H3,(H,18,19). The molecule has 0 aromatic heterocycles. The van der Waals surface area contributed by atoms with Crippen molar-refractivity contribution in [3.63, 3.8) is 0 Å². The Morgan fingerprint density at radius 2 is 2.00 bits per heavy atom. The number of benzene rings is 1. The van der Waals surface area contributed by atoms with Crippen LogP contribution in [0.2, 0.25) is 0 Å². The third-order valence-electron chi connectivity index (χ3n) is 4.81. The molecule has 0 heterocycles. The summed E-state index contributed by atoms with van der Waals surface area (Å²) in [5, 5.41) is 3.24. The van der Waals surface area contributed by atoms with E-state index < -0.39 is 0 Å². The SMILES string of the molecule is CC(CN)(NC(=O)C1(c2ccccc2)CC1)C1CC1. The second kappa shape index (κ2) is 4.34. The second-order valence-electron chi connectivity index (χ2n) is 6.30. The van der Waals surface area contributed by atoms with Gasteiger partial charge in [0, 0.05) is 6.54 Å². The van der Waals surface area contributed by atoms with Gasteiger partial charge in [0.05, 0.1) is 11.0 Å². The molecule has 2 fully saturated rings. The van der Waals surface area contributed by atoms with Crippen LogP contribution in [0, 0.1) is 5.92 Å². The maximum atomic E-state index is 12.7. The monoisotopic (exact) mass is 258 g/mol. The summed E-state index contributed by atoms with van der Waals surface area (Å²) < 4.78 is 0. The average molecular weight is 258 g/mol. The van der Waals surface area contributed by atoms with Crippen LogP contribution < -0.4 is 11.1 Å². The Kier molecular flexibility index (Phi) is 2.90. The van der Waals surface area contributed by atoms with E-state index in [9.17, 15) is 4.79 Å². The number of nitrogens with two attached hydrogens (primary N) is 1. The highest BCUT2D eigenvalue weighted by Crippen LogP contribution is 2.49. The second-order valence-corrected chi connectivity index (χ2v) is 6.30. The minimum Gasteiger partial charge on any atom is -0.349 e. The number of amides is 1. The van der Waals surface area contributed by atoms with Gasteiger partial charge in [-0.1, -0.05) is 30.3 Å². The van der Waals surface area contributed by atoms with Gasteiger partial charge in [0.2, 0.25) is 5.91 Å². The molecule has 3 nitrogen and oxygen atoms in total. The molecule has 1 atom stereocenters. The van der Waals surface area contributed by atoms with Crippen molar-refractivity contribution in [2.24, 2.45) is 11.7 Å². The van der Waals surface area contributed by atoms with Crippen molar-refractivity contribution in [2.75, 3.05) is 6.54 Å². The van der Waals surface area contributed by atoms with E-state index in [1.807, 2.05) is 18.2 Å². The summed E-state index contributed by atoms with van der Waals surface area (Å²) in [6.45, 7) is 2.61. The smallest absolute Gasteiger partial charge is 0.231 e. The van der Waals surface area contributed by atoms with Crippen molar-refractivity contribution in [3.8, 4) is 0 Å². The maximum Gasteiger partial charge on any atom is 0.231 e. The summed E-state index contributed by atoms with van der Waals surface area (Å²) in [6.07, 6.45) is 4.28. The fourth-order valence-electron chi connectivity index (χ4n) is 2.95. The zero-order valence-corrected chi connectivity index (χ0v) is 11.5. The van der Waals surface area contributed by atoms with E-state index in [1.165, 1.54) is 12.8 Å². The van der Waals surface area contributed by atoms with Crippen LogP contribution in [0.5, 0.6) is 0 Å². The molecule has 1 amide bonds. The Bertz CT molecular complexity index is 477. The number of rotatable bonds is 5. The zero-order valence-electron chi connectivity index (χ0n) is 11.5. The minimum absolute atomic E-state index is 0.165. The number of hydrogen-bond acceptors (Lipinski definition) is 2. The molecule has 0 saturated heterocycles. The van der Waals surface area contributed by atoms with Gasteiger partial charge in [-0.2, -0.15) is 0 Å². The Morgan fingerprint density at radius 3 is 2.47 bits per heavy atom. The Morgan fingerprint density at radius 1 is 1.37 bits per heavy atom. The van der Waals surface area contributed by atoms with Crippen molar-refractivity contribution < 1.29 is 4.79 Å². The summed E-state index contributed by atoms with van der Waals surface area (Å²) in [5.74, 6) is 0.728. The third kappa shape index (κ3) is 2.16.